The minimum Gasteiger partial charge on any atom is -0.291 e. The summed E-state index contributed by atoms with van der Waals surface area (Å²) in [4.78, 5) is 2.45. The third kappa shape index (κ3) is 2.18. The van der Waals surface area contributed by atoms with E-state index in [2.05, 4.69) is 53.9 Å². The van der Waals surface area contributed by atoms with Crippen LogP contribution in [0, 0.1) is 0 Å². The van der Waals surface area contributed by atoms with Gasteiger partial charge in [0.05, 0.1) is 12.2 Å². The summed E-state index contributed by atoms with van der Waals surface area (Å²) < 4.78 is 2.07. The molecule has 1 aliphatic heterocycles. The van der Waals surface area contributed by atoms with E-state index in [0.717, 1.165) is 19.6 Å². The fraction of sp³-hybridized carbons (Fsp3) is 0.400. The lowest BCUT2D eigenvalue weighted by molar-refractivity contribution is 0.223. The minimum absolute atomic E-state index is 0.599. The molecule has 1 aliphatic rings. The van der Waals surface area contributed by atoms with E-state index >= 15 is 0 Å². The average molecular weight is 241 g/mol. The van der Waals surface area contributed by atoms with E-state index < -0.39 is 0 Å². The molecular weight excluding hydrogens is 222 g/mol. The van der Waals surface area contributed by atoms with Gasteiger partial charge in [-0.25, -0.2) is 0 Å². The van der Waals surface area contributed by atoms with Crippen LogP contribution < -0.4 is 0 Å². The van der Waals surface area contributed by atoms with Crippen LogP contribution in [0.2, 0.25) is 0 Å². The van der Waals surface area contributed by atoms with Crippen molar-refractivity contribution in [1.29, 1.82) is 0 Å². The fourth-order valence-electron chi connectivity index (χ4n) is 2.45. The first kappa shape index (κ1) is 11.5. The standard InChI is InChI=1S/C15H19N3/c1-12(2)17-9-14-10-18(16-15(14)11-17)8-13-6-4-3-5-7-13/h3-7,10,12H,8-9,11H2,1-2H3. The van der Waals surface area contributed by atoms with Crippen molar-refractivity contribution >= 4 is 0 Å². The number of benzene rings is 1. The van der Waals surface area contributed by atoms with Crippen LogP contribution in [-0.4, -0.2) is 20.7 Å². The Morgan fingerprint density at radius 3 is 2.61 bits per heavy atom. The van der Waals surface area contributed by atoms with Crippen LogP contribution in [-0.2, 0) is 19.6 Å². The van der Waals surface area contributed by atoms with Crippen molar-refractivity contribution in [2.75, 3.05) is 0 Å². The molecule has 0 saturated carbocycles. The molecule has 1 aromatic heterocycles. The highest BCUT2D eigenvalue weighted by molar-refractivity contribution is 5.23. The van der Waals surface area contributed by atoms with E-state index in [4.69, 9.17) is 5.10 Å². The Bertz CT molecular complexity index is 504. The van der Waals surface area contributed by atoms with Crippen molar-refractivity contribution in [2.45, 2.75) is 39.5 Å². The summed E-state index contributed by atoms with van der Waals surface area (Å²) in [6, 6.07) is 11.1. The van der Waals surface area contributed by atoms with E-state index in [1.165, 1.54) is 16.8 Å². The zero-order valence-electron chi connectivity index (χ0n) is 11.0. The van der Waals surface area contributed by atoms with E-state index in [-0.39, 0.29) is 0 Å². The molecule has 0 fully saturated rings. The Morgan fingerprint density at radius 2 is 1.94 bits per heavy atom. The van der Waals surface area contributed by atoms with Crippen LogP contribution in [0.4, 0.5) is 0 Å². The molecule has 0 amide bonds. The fourth-order valence-corrected chi connectivity index (χ4v) is 2.45. The van der Waals surface area contributed by atoms with Crippen LogP contribution in [0.1, 0.15) is 30.7 Å². The molecule has 0 saturated heterocycles. The molecule has 0 unspecified atom stereocenters. The van der Waals surface area contributed by atoms with Crippen molar-refractivity contribution in [2.24, 2.45) is 0 Å². The lowest BCUT2D eigenvalue weighted by atomic mass is 10.2. The lowest BCUT2D eigenvalue weighted by Gasteiger charge is -2.19. The number of hydrogen-bond acceptors (Lipinski definition) is 2. The third-order valence-electron chi connectivity index (χ3n) is 3.57. The van der Waals surface area contributed by atoms with Gasteiger partial charge in [0.1, 0.15) is 0 Å². The van der Waals surface area contributed by atoms with E-state index in [9.17, 15) is 0 Å². The number of rotatable bonds is 3. The van der Waals surface area contributed by atoms with Gasteiger partial charge in [0.25, 0.3) is 0 Å². The molecule has 0 atom stereocenters. The Balaban J connectivity index is 1.73. The molecule has 2 aromatic rings. The first-order chi connectivity index (χ1) is 8.72. The van der Waals surface area contributed by atoms with Gasteiger partial charge in [-0.1, -0.05) is 30.3 Å². The van der Waals surface area contributed by atoms with Crippen molar-refractivity contribution in [3.8, 4) is 0 Å². The zero-order valence-corrected chi connectivity index (χ0v) is 11.0. The van der Waals surface area contributed by atoms with E-state index in [1.807, 2.05) is 6.07 Å². The van der Waals surface area contributed by atoms with Crippen molar-refractivity contribution < 1.29 is 0 Å². The van der Waals surface area contributed by atoms with Crippen molar-refractivity contribution in [3.05, 3.63) is 53.3 Å². The average Bonchev–Trinajstić information content (AvgIpc) is 2.88. The molecule has 3 nitrogen and oxygen atoms in total. The molecule has 3 heteroatoms. The van der Waals surface area contributed by atoms with Crippen LogP contribution in [0.15, 0.2) is 36.5 Å². The predicted octanol–water partition coefficient (Wildman–Crippen LogP) is 2.66. The largest absolute Gasteiger partial charge is 0.291 e. The van der Waals surface area contributed by atoms with Crippen molar-refractivity contribution in [3.63, 3.8) is 0 Å². The first-order valence-corrected chi connectivity index (χ1v) is 6.55. The maximum absolute atomic E-state index is 4.69. The predicted molar refractivity (Wildman–Crippen MR) is 72.2 cm³/mol. The second kappa shape index (κ2) is 4.58. The molecule has 3 rings (SSSR count). The summed E-state index contributed by atoms with van der Waals surface area (Å²) in [5, 5.41) is 4.69. The van der Waals surface area contributed by atoms with Gasteiger partial charge in [-0.05, 0) is 19.4 Å². The second-order valence-electron chi connectivity index (χ2n) is 5.28. The lowest BCUT2D eigenvalue weighted by Crippen LogP contribution is -2.25. The Morgan fingerprint density at radius 1 is 1.17 bits per heavy atom. The Kier molecular flexibility index (Phi) is 2.92. The van der Waals surface area contributed by atoms with Gasteiger partial charge >= 0.3 is 0 Å². The first-order valence-electron chi connectivity index (χ1n) is 6.55. The number of hydrogen-bond donors (Lipinski definition) is 0. The summed E-state index contributed by atoms with van der Waals surface area (Å²) in [7, 11) is 0. The van der Waals surface area contributed by atoms with Gasteiger partial charge in [0, 0.05) is 30.9 Å². The monoisotopic (exact) mass is 241 g/mol. The molecule has 1 aromatic carbocycles. The van der Waals surface area contributed by atoms with Gasteiger partial charge in [-0.2, -0.15) is 5.10 Å². The Hall–Kier alpha value is -1.61. The van der Waals surface area contributed by atoms with Crippen LogP contribution in [0.3, 0.4) is 0 Å². The van der Waals surface area contributed by atoms with Gasteiger partial charge in [0.2, 0.25) is 0 Å². The van der Waals surface area contributed by atoms with E-state index in [1.54, 1.807) is 0 Å². The highest BCUT2D eigenvalue weighted by Gasteiger charge is 2.23. The smallest absolute Gasteiger partial charge is 0.0810 e. The molecule has 0 spiro atoms. The quantitative estimate of drug-likeness (QED) is 0.823. The van der Waals surface area contributed by atoms with E-state index in [0.29, 0.717) is 6.04 Å². The summed E-state index contributed by atoms with van der Waals surface area (Å²) >= 11 is 0. The van der Waals surface area contributed by atoms with Crippen LogP contribution >= 0.6 is 0 Å². The Labute approximate surface area is 108 Å². The molecule has 2 heterocycles. The number of aromatic nitrogens is 2. The molecule has 0 bridgehead atoms. The van der Waals surface area contributed by atoms with Crippen LogP contribution in [0.25, 0.3) is 0 Å². The maximum atomic E-state index is 4.69. The van der Waals surface area contributed by atoms with Gasteiger partial charge in [-0.3, -0.25) is 9.58 Å². The highest BCUT2D eigenvalue weighted by atomic mass is 15.3. The summed E-state index contributed by atoms with van der Waals surface area (Å²) in [5.74, 6) is 0. The van der Waals surface area contributed by atoms with Gasteiger partial charge in [-0.15, -0.1) is 0 Å². The molecular formula is C15H19N3. The van der Waals surface area contributed by atoms with Gasteiger partial charge < -0.3 is 0 Å². The summed E-state index contributed by atoms with van der Waals surface area (Å²) in [6.45, 7) is 7.39. The molecule has 18 heavy (non-hydrogen) atoms. The maximum Gasteiger partial charge on any atom is 0.0810 e. The summed E-state index contributed by atoms with van der Waals surface area (Å²) in [5.41, 5.74) is 3.94. The number of nitrogens with zero attached hydrogens (tertiary/aromatic N) is 3. The third-order valence-corrected chi connectivity index (χ3v) is 3.57. The molecule has 0 radical (unpaired) electrons. The normalized spacial score (nSPS) is 15.3. The molecule has 94 valence electrons. The highest BCUT2D eigenvalue weighted by Crippen LogP contribution is 2.23. The van der Waals surface area contributed by atoms with Crippen LogP contribution in [0.5, 0.6) is 0 Å². The molecule has 0 N–H and O–H groups in total. The van der Waals surface area contributed by atoms with Crippen molar-refractivity contribution in [1.82, 2.24) is 14.7 Å². The second-order valence-corrected chi connectivity index (χ2v) is 5.28. The minimum atomic E-state index is 0.599. The topological polar surface area (TPSA) is 21.1 Å². The van der Waals surface area contributed by atoms with Gasteiger partial charge in [0.15, 0.2) is 0 Å². The zero-order chi connectivity index (χ0) is 12.5. The number of fused-ring (bicyclic) bond motifs is 1. The summed E-state index contributed by atoms with van der Waals surface area (Å²) in [6.07, 6.45) is 2.20. The SMILES string of the molecule is CC(C)N1Cc2cn(Cc3ccccc3)nc2C1. The molecule has 0 aliphatic carbocycles.